The van der Waals surface area contributed by atoms with Crippen LogP contribution in [0.1, 0.15) is 47.1 Å². The van der Waals surface area contributed by atoms with Crippen molar-refractivity contribution in [3.8, 4) is 0 Å². The lowest BCUT2D eigenvalue weighted by Gasteiger charge is -2.44. The third-order valence-corrected chi connectivity index (χ3v) is 8.59. The van der Waals surface area contributed by atoms with Crippen LogP contribution in [0.15, 0.2) is 66.7 Å². The van der Waals surface area contributed by atoms with E-state index in [-0.39, 0.29) is 18.3 Å². The highest BCUT2D eigenvalue weighted by Gasteiger charge is 2.53. The van der Waals surface area contributed by atoms with E-state index in [1.165, 1.54) is 17.0 Å². The highest BCUT2D eigenvalue weighted by molar-refractivity contribution is 6.09. The molecule has 2 saturated heterocycles. The van der Waals surface area contributed by atoms with Crippen LogP contribution in [0.5, 0.6) is 0 Å². The third-order valence-electron chi connectivity index (χ3n) is 8.59. The summed E-state index contributed by atoms with van der Waals surface area (Å²) < 4.78 is 19.8. The van der Waals surface area contributed by atoms with Crippen molar-refractivity contribution in [3.63, 3.8) is 0 Å². The van der Waals surface area contributed by atoms with E-state index < -0.39 is 23.3 Å². The minimum Gasteiger partial charge on any atom is -0.438 e. The number of nitrogens with one attached hydrogen (secondary N) is 2. The Hall–Kier alpha value is -4.24. The number of likely N-dealkylation sites (tertiary alicyclic amines) is 1. The Balaban J connectivity index is 1.14. The summed E-state index contributed by atoms with van der Waals surface area (Å²) in [6.07, 6.45) is 1.13. The van der Waals surface area contributed by atoms with Crippen molar-refractivity contribution < 1.29 is 23.5 Å². The van der Waals surface area contributed by atoms with E-state index in [0.717, 1.165) is 22.3 Å². The second-order valence-electron chi connectivity index (χ2n) is 11.3. The minimum atomic E-state index is -1.28. The summed E-state index contributed by atoms with van der Waals surface area (Å²) in [4.78, 5) is 43.0. The molecular formula is C32H33FN4O4. The van der Waals surface area contributed by atoms with Crippen molar-refractivity contribution in [2.45, 2.75) is 44.2 Å². The van der Waals surface area contributed by atoms with E-state index in [4.69, 9.17) is 4.74 Å². The first kappa shape index (κ1) is 27.0. The van der Waals surface area contributed by atoms with Crippen molar-refractivity contribution >= 4 is 23.7 Å². The number of imide groups is 1. The van der Waals surface area contributed by atoms with Crippen LogP contribution < -0.4 is 10.6 Å². The molecule has 0 bridgehead atoms. The molecule has 8 nitrogen and oxygen atoms in total. The monoisotopic (exact) mass is 556 g/mol. The van der Waals surface area contributed by atoms with Gasteiger partial charge in [-0.3, -0.25) is 15.0 Å². The van der Waals surface area contributed by atoms with Gasteiger partial charge in [0, 0.05) is 38.0 Å². The molecule has 0 radical (unpaired) electrons. The number of halogens is 1. The highest BCUT2D eigenvalue weighted by Crippen LogP contribution is 2.44. The molecule has 3 aromatic rings. The van der Waals surface area contributed by atoms with E-state index in [0.29, 0.717) is 50.1 Å². The lowest BCUT2D eigenvalue weighted by molar-refractivity contribution is -0.130. The average molecular weight is 557 g/mol. The zero-order valence-electron chi connectivity index (χ0n) is 23.2. The van der Waals surface area contributed by atoms with Gasteiger partial charge in [-0.2, -0.15) is 0 Å². The van der Waals surface area contributed by atoms with Gasteiger partial charge < -0.3 is 15.0 Å². The van der Waals surface area contributed by atoms with Gasteiger partial charge in [0.2, 0.25) is 0 Å². The Bertz CT molecular complexity index is 1450. The Morgan fingerprint density at radius 3 is 2.07 bits per heavy atom. The molecule has 3 heterocycles. The van der Waals surface area contributed by atoms with Gasteiger partial charge in [0.15, 0.2) is 5.54 Å². The van der Waals surface area contributed by atoms with Gasteiger partial charge in [0.05, 0.1) is 5.69 Å². The van der Waals surface area contributed by atoms with Gasteiger partial charge >= 0.3 is 12.1 Å². The molecule has 6 rings (SSSR count). The summed E-state index contributed by atoms with van der Waals surface area (Å²) in [6.45, 7) is 6.19. The van der Waals surface area contributed by atoms with Gasteiger partial charge in [-0.1, -0.05) is 59.7 Å². The number of rotatable bonds is 6. The van der Waals surface area contributed by atoms with Crippen molar-refractivity contribution in [2.24, 2.45) is 0 Å². The number of carbonyl (C=O) groups is 3. The number of benzene rings is 3. The summed E-state index contributed by atoms with van der Waals surface area (Å²) in [6, 6.07) is 19.3. The topological polar surface area (TPSA) is 91.0 Å². The van der Waals surface area contributed by atoms with Crippen LogP contribution in [0.3, 0.4) is 0 Å². The molecule has 3 aromatic carbocycles. The molecule has 0 atom stereocenters. The molecule has 0 unspecified atom stereocenters. The largest absolute Gasteiger partial charge is 0.438 e. The molecule has 2 N–H and O–H groups in total. The maximum atomic E-state index is 14.0. The number of urea groups is 1. The average Bonchev–Trinajstić information content (AvgIpc) is 3.21. The SMILES string of the molecule is Cc1ccc(C2(c3ccc(C)cc3)NC(=O)N(CCCN3CCC4(CC3)OC(=O)Nc3ccc(F)cc34)C2=O)cc1. The number of carbonyl (C=O) groups excluding carboxylic acids is 3. The molecule has 1 spiro atoms. The Kier molecular flexibility index (Phi) is 6.77. The summed E-state index contributed by atoms with van der Waals surface area (Å²) in [5.41, 5.74) is 2.69. The van der Waals surface area contributed by atoms with Crippen molar-refractivity contribution in [2.75, 3.05) is 31.5 Å². The first-order valence-corrected chi connectivity index (χ1v) is 14.0. The van der Waals surface area contributed by atoms with Gasteiger partial charge in [-0.15, -0.1) is 0 Å². The van der Waals surface area contributed by atoms with Crippen LogP contribution >= 0.6 is 0 Å². The van der Waals surface area contributed by atoms with E-state index >= 15 is 0 Å². The molecule has 3 aliphatic rings. The second-order valence-corrected chi connectivity index (χ2v) is 11.3. The van der Waals surface area contributed by atoms with Crippen LogP contribution in [0.2, 0.25) is 0 Å². The number of hydrogen-bond donors (Lipinski definition) is 2. The maximum absolute atomic E-state index is 14.0. The maximum Gasteiger partial charge on any atom is 0.412 e. The zero-order chi connectivity index (χ0) is 28.8. The van der Waals surface area contributed by atoms with Crippen LogP contribution in [-0.4, -0.2) is 54.0 Å². The number of hydrogen-bond acceptors (Lipinski definition) is 5. The molecule has 0 aliphatic carbocycles. The smallest absolute Gasteiger partial charge is 0.412 e. The van der Waals surface area contributed by atoms with Gasteiger partial charge in [-0.25, -0.2) is 14.0 Å². The molecular weight excluding hydrogens is 523 g/mol. The standard InChI is InChI=1S/C32H33FN4O4/c1-21-4-8-23(9-5-21)32(24-10-6-22(2)7-11-24)28(38)37(29(39)35-32)17-3-16-36-18-14-31(15-19-36)26-20-25(33)12-13-27(26)34-30(40)41-31/h4-13,20H,3,14-19H2,1-2H3,(H,34,40)(H,35,39). The quantitative estimate of drug-likeness (QED) is 0.409. The first-order valence-electron chi connectivity index (χ1n) is 14.0. The summed E-state index contributed by atoms with van der Waals surface area (Å²) in [5, 5.41) is 5.69. The van der Waals surface area contributed by atoms with E-state index in [9.17, 15) is 18.8 Å². The lowest BCUT2D eigenvalue weighted by atomic mass is 9.82. The van der Waals surface area contributed by atoms with E-state index in [1.54, 1.807) is 6.07 Å². The van der Waals surface area contributed by atoms with Crippen molar-refractivity contribution in [1.29, 1.82) is 0 Å². The summed E-state index contributed by atoms with van der Waals surface area (Å²) in [7, 11) is 0. The number of aryl methyl sites for hydroxylation is 2. The number of amides is 4. The fourth-order valence-electron chi connectivity index (χ4n) is 6.28. The van der Waals surface area contributed by atoms with Crippen LogP contribution in [0.4, 0.5) is 19.7 Å². The van der Waals surface area contributed by atoms with Crippen LogP contribution in [0.25, 0.3) is 0 Å². The fourth-order valence-corrected chi connectivity index (χ4v) is 6.28. The van der Waals surface area contributed by atoms with E-state index in [2.05, 4.69) is 15.5 Å². The first-order chi connectivity index (χ1) is 19.7. The van der Waals surface area contributed by atoms with E-state index in [1.807, 2.05) is 62.4 Å². The highest BCUT2D eigenvalue weighted by atomic mass is 19.1. The molecule has 4 amide bonds. The Morgan fingerprint density at radius 2 is 1.46 bits per heavy atom. The molecule has 9 heteroatoms. The number of anilines is 1. The number of piperidine rings is 1. The summed E-state index contributed by atoms with van der Waals surface area (Å²) >= 11 is 0. The van der Waals surface area contributed by atoms with Crippen molar-refractivity contribution in [1.82, 2.24) is 15.1 Å². The third kappa shape index (κ3) is 4.74. The van der Waals surface area contributed by atoms with Gasteiger partial charge in [0.1, 0.15) is 11.4 Å². The van der Waals surface area contributed by atoms with Gasteiger partial charge in [-0.05, 0) is 56.1 Å². The molecule has 0 saturated carbocycles. The predicted molar refractivity (Wildman–Crippen MR) is 152 cm³/mol. The predicted octanol–water partition coefficient (Wildman–Crippen LogP) is 5.18. The molecule has 2 fully saturated rings. The van der Waals surface area contributed by atoms with Crippen molar-refractivity contribution in [3.05, 3.63) is 100 Å². The van der Waals surface area contributed by atoms with Gasteiger partial charge in [0.25, 0.3) is 5.91 Å². The molecule has 212 valence electrons. The number of nitrogens with zero attached hydrogens (tertiary/aromatic N) is 2. The van der Waals surface area contributed by atoms with Crippen LogP contribution in [-0.2, 0) is 20.7 Å². The minimum absolute atomic E-state index is 0.277. The Morgan fingerprint density at radius 1 is 0.854 bits per heavy atom. The summed E-state index contributed by atoms with van der Waals surface area (Å²) in [5.74, 6) is -0.653. The Labute approximate surface area is 238 Å². The normalized spacial score (nSPS) is 19.5. The fraction of sp³-hybridized carbons (Fsp3) is 0.344. The second kappa shape index (κ2) is 10.3. The lowest BCUT2D eigenvalue weighted by Crippen LogP contribution is -2.48. The van der Waals surface area contributed by atoms with Crippen LogP contribution in [0, 0.1) is 19.7 Å². The number of fused-ring (bicyclic) bond motifs is 2. The molecule has 0 aromatic heterocycles. The molecule has 3 aliphatic heterocycles. The zero-order valence-corrected chi connectivity index (χ0v) is 23.2. The number of ether oxygens (including phenoxy) is 1. The molecule has 41 heavy (non-hydrogen) atoms.